The molecule has 5 heteroatoms. The Morgan fingerprint density at radius 1 is 1.54 bits per heavy atom. The maximum absolute atomic E-state index is 11.2. The maximum atomic E-state index is 11.2. The fourth-order valence-corrected chi connectivity index (χ4v) is 1.46. The second kappa shape index (κ2) is 3.55. The minimum absolute atomic E-state index is 0.0198. The van der Waals surface area contributed by atoms with Crippen LogP contribution in [0.3, 0.4) is 0 Å². The van der Waals surface area contributed by atoms with E-state index in [2.05, 4.69) is 5.32 Å². The summed E-state index contributed by atoms with van der Waals surface area (Å²) in [6.07, 6.45) is 0.619. The Kier molecular flexibility index (Phi) is 2.65. The van der Waals surface area contributed by atoms with Crippen molar-refractivity contribution in [3.8, 4) is 0 Å². The van der Waals surface area contributed by atoms with Crippen molar-refractivity contribution in [2.24, 2.45) is 5.92 Å². The van der Waals surface area contributed by atoms with Gasteiger partial charge in [0, 0.05) is 0 Å². The monoisotopic (exact) mass is 184 g/mol. The Morgan fingerprint density at radius 3 is 2.62 bits per heavy atom. The van der Waals surface area contributed by atoms with Crippen molar-refractivity contribution in [2.75, 3.05) is 6.54 Å². The highest BCUT2D eigenvalue weighted by atomic mass is 16.2. The topological polar surface area (TPSA) is 66.5 Å². The van der Waals surface area contributed by atoms with Crippen LogP contribution < -0.4 is 5.32 Å². The van der Waals surface area contributed by atoms with E-state index in [0.29, 0.717) is 6.29 Å². The first-order valence-electron chi connectivity index (χ1n) is 4.13. The number of urea groups is 1. The summed E-state index contributed by atoms with van der Waals surface area (Å²) < 4.78 is 0. The van der Waals surface area contributed by atoms with Crippen LogP contribution in [0.2, 0.25) is 0 Å². The van der Waals surface area contributed by atoms with Crippen LogP contribution >= 0.6 is 0 Å². The molecular formula is C8H12N2O3. The Hall–Kier alpha value is -1.39. The molecule has 0 saturated carbocycles. The van der Waals surface area contributed by atoms with Crippen LogP contribution in [-0.4, -0.2) is 35.7 Å². The summed E-state index contributed by atoms with van der Waals surface area (Å²) in [5.41, 5.74) is 0. The molecule has 0 spiro atoms. The van der Waals surface area contributed by atoms with Crippen molar-refractivity contribution in [3.63, 3.8) is 0 Å². The predicted octanol–water partition coefficient (Wildman–Crippen LogP) is -0.238. The molecule has 1 atom stereocenters. The maximum Gasteiger partial charge on any atom is 0.325 e. The number of nitrogens with one attached hydrogen (secondary N) is 1. The molecule has 0 radical (unpaired) electrons. The van der Waals surface area contributed by atoms with E-state index in [4.69, 9.17) is 0 Å². The van der Waals surface area contributed by atoms with Gasteiger partial charge in [-0.1, -0.05) is 13.8 Å². The molecule has 5 nitrogen and oxygen atoms in total. The summed E-state index contributed by atoms with van der Waals surface area (Å²) in [4.78, 5) is 33.8. The Labute approximate surface area is 76.1 Å². The van der Waals surface area contributed by atoms with Crippen LogP contribution in [0.1, 0.15) is 13.8 Å². The van der Waals surface area contributed by atoms with Crippen LogP contribution in [0.5, 0.6) is 0 Å². The van der Waals surface area contributed by atoms with Gasteiger partial charge in [-0.05, 0) is 5.92 Å². The number of aldehydes is 1. The second-order valence-electron chi connectivity index (χ2n) is 3.30. The van der Waals surface area contributed by atoms with E-state index in [1.807, 2.05) is 13.8 Å². The highest BCUT2D eigenvalue weighted by Gasteiger charge is 2.39. The van der Waals surface area contributed by atoms with Crippen molar-refractivity contribution in [1.29, 1.82) is 0 Å². The summed E-state index contributed by atoms with van der Waals surface area (Å²) in [7, 11) is 0. The van der Waals surface area contributed by atoms with Gasteiger partial charge in [0.25, 0.3) is 5.91 Å². The van der Waals surface area contributed by atoms with Gasteiger partial charge in [0.15, 0.2) is 0 Å². The molecule has 1 N–H and O–H groups in total. The molecule has 1 aliphatic rings. The van der Waals surface area contributed by atoms with Gasteiger partial charge in [0.05, 0.1) is 6.54 Å². The fourth-order valence-electron chi connectivity index (χ4n) is 1.46. The van der Waals surface area contributed by atoms with E-state index in [0.717, 1.165) is 0 Å². The van der Waals surface area contributed by atoms with E-state index >= 15 is 0 Å². The number of amides is 3. The molecule has 0 aromatic heterocycles. The molecule has 0 aromatic carbocycles. The molecule has 1 saturated heterocycles. The molecule has 3 amide bonds. The van der Waals surface area contributed by atoms with Gasteiger partial charge in [0.1, 0.15) is 12.3 Å². The van der Waals surface area contributed by atoms with Crippen LogP contribution in [0.4, 0.5) is 4.79 Å². The van der Waals surface area contributed by atoms with Gasteiger partial charge < -0.3 is 9.69 Å². The first-order valence-corrected chi connectivity index (χ1v) is 4.13. The third-order valence-corrected chi connectivity index (χ3v) is 2.00. The smallest absolute Gasteiger partial charge is 0.305 e. The molecule has 1 heterocycles. The van der Waals surface area contributed by atoms with Crippen molar-refractivity contribution >= 4 is 18.2 Å². The average molecular weight is 184 g/mol. The van der Waals surface area contributed by atoms with Crippen LogP contribution in [0.25, 0.3) is 0 Å². The third kappa shape index (κ3) is 1.68. The normalized spacial score (nSPS) is 22.4. The summed E-state index contributed by atoms with van der Waals surface area (Å²) in [6, 6.07) is -0.978. The Bertz CT molecular complexity index is 250. The van der Waals surface area contributed by atoms with Crippen molar-refractivity contribution in [1.82, 2.24) is 10.2 Å². The lowest BCUT2D eigenvalue weighted by atomic mass is 10.0. The molecular weight excluding hydrogens is 172 g/mol. The fraction of sp³-hybridized carbons (Fsp3) is 0.625. The van der Waals surface area contributed by atoms with Gasteiger partial charge in [-0.2, -0.15) is 0 Å². The first kappa shape index (κ1) is 9.70. The molecule has 13 heavy (non-hydrogen) atoms. The number of hydrogen-bond acceptors (Lipinski definition) is 3. The number of hydrogen-bond donors (Lipinski definition) is 1. The van der Waals surface area contributed by atoms with Crippen LogP contribution in [0.15, 0.2) is 0 Å². The van der Waals surface area contributed by atoms with Gasteiger partial charge in [-0.25, -0.2) is 4.79 Å². The zero-order chi connectivity index (χ0) is 10.0. The Morgan fingerprint density at radius 2 is 2.15 bits per heavy atom. The molecule has 1 aliphatic heterocycles. The van der Waals surface area contributed by atoms with E-state index < -0.39 is 12.1 Å². The highest BCUT2D eigenvalue weighted by molar-refractivity contribution is 6.04. The number of carbonyl (C=O) groups excluding carboxylic acids is 3. The van der Waals surface area contributed by atoms with Gasteiger partial charge in [-0.3, -0.25) is 10.1 Å². The van der Waals surface area contributed by atoms with Crippen LogP contribution in [-0.2, 0) is 9.59 Å². The molecule has 1 fully saturated rings. The summed E-state index contributed by atoms with van der Waals surface area (Å²) >= 11 is 0. The summed E-state index contributed by atoms with van der Waals surface area (Å²) in [5.74, 6) is -0.298. The van der Waals surface area contributed by atoms with E-state index in [1.165, 1.54) is 4.90 Å². The standard InChI is InChI=1S/C8H12N2O3/c1-5(2)6-7(12)9-8(13)10(6)3-4-11/h4-6H,3H2,1-2H3,(H,9,12,13). The zero-order valence-corrected chi connectivity index (χ0v) is 7.61. The molecule has 1 unspecified atom stereocenters. The quantitative estimate of drug-likeness (QED) is 0.486. The number of rotatable bonds is 3. The Balaban J connectivity index is 2.82. The number of imide groups is 1. The molecule has 1 rings (SSSR count). The predicted molar refractivity (Wildman–Crippen MR) is 44.9 cm³/mol. The highest BCUT2D eigenvalue weighted by Crippen LogP contribution is 2.15. The number of nitrogens with zero attached hydrogens (tertiary/aromatic N) is 1. The second-order valence-corrected chi connectivity index (χ2v) is 3.30. The van der Waals surface area contributed by atoms with E-state index in [9.17, 15) is 14.4 Å². The van der Waals surface area contributed by atoms with Gasteiger partial charge >= 0.3 is 6.03 Å². The first-order chi connectivity index (χ1) is 6.07. The average Bonchev–Trinajstić information content (AvgIpc) is 2.27. The SMILES string of the molecule is CC(C)C1C(=O)NC(=O)N1CC=O. The minimum Gasteiger partial charge on any atom is -0.305 e. The lowest BCUT2D eigenvalue weighted by Gasteiger charge is -2.21. The number of carbonyl (C=O) groups is 3. The molecule has 0 aromatic rings. The van der Waals surface area contributed by atoms with Crippen molar-refractivity contribution in [3.05, 3.63) is 0 Å². The summed E-state index contributed by atoms with van der Waals surface area (Å²) in [6.45, 7) is 3.64. The van der Waals surface area contributed by atoms with E-state index in [1.54, 1.807) is 0 Å². The van der Waals surface area contributed by atoms with Crippen molar-refractivity contribution < 1.29 is 14.4 Å². The van der Waals surface area contributed by atoms with Crippen LogP contribution in [0, 0.1) is 5.92 Å². The van der Waals surface area contributed by atoms with Gasteiger partial charge in [-0.15, -0.1) is 0 Å². The third-order valence-electron chi connectivity index (χ3n) is 2.00. The van der Waals surface area contributed by atoms with Gasteiger partial charge in [0.2, 0.25) is 0 Å². The zero-order valence-electron chi connectivity index (χ0n) is 7.61. The minimum atomic E-state index is -0.502. The van der Waals surface area contributed by atoms with Crippen molar-refractivity contribution in [2.45, 2.75) is 19.9 Å². The lowest BCUT2D eigenvalue weighted by molar-refractivity contribution is -0.122. The summed E-state index contributed by atoms with van der Waals surface area (Å²) in [5, 5.41) is 2.17. The largest absolute Gasteiger partial charge is 0.325 e. The molecule has 0 aliphatic carbocycles. The molecule has 72 valence electrons. The molecule has 0 bridgehead atoms. The lowest BCUT2D eigenvalue weighted by Crippen LogP contribution is -2.39. The van der Waals surface area contributed by atoms with E-state index in [-0.39, 0.29) is 18.4 Å².